The lowest BCUT2D eigenvalue weighted by atomic mass is 10.2. The molecule has 0 fully saturated rings. The molecule has 0 saturated heterocycles. The van der Waals surface area contributed by atoms with Crippen LogP contribution in [0, 0.1) is 11.3 Å². The lowest BCUT2D eigenvalue weighted by Gasteiger charge is -2.09. The number of fused-ring (bicyclic) bond motifs is 2. The molecule has 0 atom stereocenters. The van der Waals surface area contributed by atoms with Crippen molar-refractivity contribution in [2.45, 2.75) is 19.4 Å². The van der Waals surface area contributed by atoms with Gasteiger partial charge in [-0.15, -0.1) is 0 Å². The number of aromatic nitrogens is 2. The van der Waals surface area contributed by atoms with Crippen molar-refractivity contribution < 1.29 is 9.47 Å². The Morgan fingerprint density at radius 3 is 2.91 bits per heavy atom. The van der Waals surface area contributed by atoms with Crippen molar-refractivity contribution >= 4 is 11.0 Å². The minimum Gasteiger partial charge on any atom is -0.454 e. The molecule has 2 aromatic carbocycles. The number of hydrogen-bond donors (Lipinski definition) is 0. The average Bonchev–Trinajstić information content (AvgIpc) is 3.19. The molecule has 5 nitrogen and oxygen atoms in total. The van der Waals surface area contributed by atoms with Crippen molar-refractivity contribution in [3.63, 3.8) is 0 Å². The van der Waals surface area contributed by atoms with E-state index in [4.69, 9.17) is 19.7 Å². The van der Waals surface area contributed by atoms with Gasteiger partial charge in [0.05, 0.1) is 17.1 Å². The van der Waals surface area contributed by atoms with Crippen LogP contribution in [0.2, 0.25) is 0 Å². The van der Waals surface area contributed by atoms with Crippen LogP contribution >= 0.6 is 0 Å². The predicted octanol–water partition coefficient (Wildman–Crippen LogP) is 3.74. The molecule has 5 heteroatoms. The molecule has 23 heavy (non-hydrogen) atoms. The summed E-state index contributed by atoms with van der Waals surface area (Å²) in [6.45, 7) is 1.02. The van der Waals surface area contributed by atoms with E-state index in [-0.39, 0.29) is 6.79 Å². The Morgan fingerprint density at radius 2 is 2.00 bits per heavy atom. The number of ether oxygens (including phenoxy) is 2. The highest BCUT2D eigenvalue weighted by Crippen LogP contribution is 2.36. The number of nitriles is 1. The first-order valence-electron chi connectivity index (χ1n) is 7.59. The molecular weight excluding hydrogens is 290 g/mol. The number of benzene rings is 2. The number of rotatable bonds is 4. The number of aryl methyl sites for hydroxylation is 1. The summed E-state index contributed by atoms with van der Waals surface area (Å²) in [5.41, 5.74) is 3.03. The van der Waals surface area contributed by atoms with Crippen molar-refractivity contribution in [1.82, 2.24) is 9.55 Å². The van der Waals surface area contributed by atoms with Crippen molar-refractivity contribution in [2.75, 3.05) is 6.79 Å². The van der Waals surface area contributed by atoms with E-state index in [1.165, 1.54) is 0 Å². The van der Waals surface area contributed by atoms with Crippen LogP contribution in [0.1, 0.15) is 12.8 Å². The Morgan fingerprint density at radius 1 is 1.13 bits per heavy atom. The quantitative estimate of drug-likeness (QED) is 0.689. The summed E-state index contributed by atoms with van der Waals surface area (Å²) in [5.74, 6) is 2.40. The second-order valence-corrected chi connectivity index (χ2v) is 5.41. The van der Waals surface area contributed by atoms with Gasteiger partial charge in [-0.25, -0.2) is 4.98 Å². The molecule has 0 spiro atoms. The van der Waals surface area contributed by atoms with E-state index in [1.807, 2.05) is 36.4 Å². The Balaban J connectivity index is 1.82. The van der Waals surface area contributed by atoms with E-state index >= 15 is 0 Å². The third-order valence-corrected chi connectivity index (χ3v) is 3.96. The van der Waals surface area contributed by atoms with Gasteiger partial charge in [-0.2, -0.15) is 5.26 Å². The zero-order valence-electron chi connectivity index (χ0n) is 12.5. The standard InChI is InChI=1S/C18H15N3O2/c19-9-3-4-10-21-15-6-2-1-5-14(15)20-18(21)13-7-8-16-17(11-13)23-12-22-16/h1-2,5-8,11H,3-4,10,12H2. The molecule has 3 aromatic rings. The molecular formula is C18H15N3O2. The van der Waals surface area contributed by atoms with Gasteiger partial charge in [0.2, 0.25) is 6.79 Å². The maximum absolute atomic E-state index is 8.79. The van der Waals surface area contributed by atoms with Gasteiger partial charge in [0.1, 0.15) is 5.82 Å². The van der Waals surface area contributed by atoms with Crippen LogP contribution in [-0.2, 0) is 6.54 Å². The van der Waals surface area contributed by atoms with Crippen LogP contribution < -0.4 is 9.47 Å². The molecule has 114 valence electrons. The van der Waals surface area contributed by atoms with Gasteiger partial charge in [0.25, 0.3) is 0 Å². The first-order valence-corrected chi connectivity index (χ1v) is 7.59. The van der Waals surface area contributed by atoms with Crippen LogP contribution in [-0.4, -0.2) is 16.3 Å². The van der Waals surface area contributed by atoms with Crippen LogP contribution in [0.15, 0.2) is 42.5 Å². The minimum atomic E-state index is 0.261. The van der Waals surface area contributed by atoms with Crippen LogP contribution in [0.5, 0.6) is 11.5 Å². The SMILES string of the molecule is N#CCCCn1c(-c2ccc3c(c2)OCO3)nc2ccccc21. The molecule has 0 unspecified atom stereocenters. The predicted molar refractivity (Wildman–Crippen MR) is 86.1 cm³/mol. The molecule has 1 aliphatic rings. The fourth-order valence-corrected chi connectivity index (χ4v) is 2.87. The highest BCUT2D eigenvalue weighted by molar-refractivity contribution is 5.81. The molecule has 0 bridgehead atoms. The normalized spacial score (nSPS) is 12.5. The van der Waals surface area contributed by atoms with Crippen LogP contribution in [0.3, 0.4) is 0 Å². The van der Waals surface area contributed by atoms with E-state index in [0.717, 1.165) is 46.9 Å². The maximum Gasteiger partial charge on any atom is 0.231 e. The molecule has 0 N–H and O–H groups in total. The fraction of sp³-hybridized carbons (Fsp3) is 0.222. The van der Waals surface area contributed by atoms with Crippen molar-refractivity contribution in [1.29, 1.82) is 5.26 Å². The van der Waals surface area contributed by atoms with Gasteiger partial charge in [-0.05, 0) is 36.8 Å². The van der Waals surface area contributed by atoms with Gasteiger partial charge >= 0.3 is 0 Å². The van der Waals surface area contributed by atoms with Gasteiger partial charge in [0, 0.05) is 18.5 Å². The Hall–Kier alpha value is -3.00. The van der Waals surface area contributed by atoms with Crippen LogP contribution in [0.4, 0.5) is 0 Å². The smallest absolute Gasteiger partial charge is 0.231 e. The summed E-state index contributed by atoms with van der Waals surface area (Å²) in [7, 11) is 0. The summed E-state index contributed by atoms with van der Waals surface area (Å²) < 4.78 is 13.0. The molecule has 0 amide bonds. The number of para-hydroxylation sites is 2. The second kappa shape index (κ2) is 5.65. The highest BCUT2D eigenvalue weighted by atomic mass is 16.7. The molecule has 0 saturated carbocycles. The lowest BCUT2D eigenvalue weighted by molar-refractivity contribution is 0.174. The number of imidazole rings is 1. The average molecular weight is 305 g/mol. The third-order valence-electron chi connectivity index (χ3n) is 3.96. The van der Waals surface area contributed by atoms with E-state index in [1.54, 1.807) is 0 Å². The minimum absolute atomic E-state index is 0.261. The summed E-state index contributed by atoms with van der Waals surface area (Å²) in [6.07, 6.45) is 1.33. The van der Waals surface area contributed by atoms with Gasteiger partial charge in [-0.1, -0.05) is 12.1 Å². The Kier molecular flexibility index (Phi) is 3.35. The molecule has 0 aliphatic carbocycles. The molecule has 1 aliphatic heterocycles. The summed E-state index contributed by atoms with van der Waals surface area (Å²) in [6, 6.07) is 16.1. The molecule has 0 radical (unpaired) electrons. The maximum atomic E-state index is 8.79. The van der Waals surface area contributed by atoms with E-state index < -0.39 is 0 Å². The Bertz CT molecular complexity index is 908. The summed E-state index contributed by atoms with van der Waals surface area (Å²) >= 11 is 0. The number of nitrogens with zero attached hydrogens (tertiary/aromatic N) is 3. The van der Waals surface area contributed by atoms with Crippen molar-refractivity contribution in [3.05, 3.63) is 42.5 Å². The third kappa shape index (κ3) is 2.38. The summed E-state index contributed by atoms with van der Waals surface area (Å²) in [4.78, 5) is 4.77. The topological polar surface area (TPSA) is 60.1 Å². The van der Waals surface area contributed by atoms with Gasteiger partial charge < -0.3 is 14.0 Å². The van der Waals surface area contributed by atoms with E-state index in [0.29, 0.717) is 6.42 Å². The summed E-state index contributed by atoms with van der Waals surface area (Å²) in [5, 5.41) is 8.79. The van der Waals surface area contributed by atoms with Gasteiger partial charge in [0.15, 0.2) is 11.5 Å². The highest BCUT2D eigenvalue weighted by Gasteiger charge is 2.17. The largest absolute Gasteiger partial charge is 0.454 e. The fourth-order valence-electron chi connectivity index (χ4n) is 2.87. The van der Waals surface area contributed by atoms with Crippen LogP contribution in [0.25, 0.3) is 22.4 Å². The number of hydrogen-bond acceptors (Lipinski definition) is 4. The molecule has 4 rings (SSSR count). The zero-order chi connectivity index (χ0) is 15.6. The van der Waals surface area contributed by atoms with Crippen molar-refractivity contribution in [3.8, 4) is 29.0 Å². The van der Waals surface area contributed by atoms with Gasteiger partial charge in [-0.3, -0.25) is 0 Å². The lowest BCUT2D eigenvalue weighted by Crippen LogP contribution is -2.00. The zero-order valence-corrected chi connectivity index (χ0v) is 12.5. The second-order valence-electron chi connectivity index (χ2n) is 5.41. The monoisotopic (exact) mass is 305 g/mol. The van der Waals surface area contributed by atoms with E-state index in [9.17, 15) is 0 Å². The molecule has 1 aromatic heterocycles. The Labute approximate surface area is 133 Å². The number of unbranched alkanes of at least 4 members (excludes halogenated alkanes) is 1. The first-order chi connectivity index (χ1) is 11.4. The van der Waals surface area contributed by atoms with E-state index in [2.05, 4.69) is 16.7 Å². The first kappa shape index (κ1) is 13.6. The van der Waals surface area contributed by atoms with Crippen molar-refractivity contribution in [2.24, 2.45) is 0 Å². The molecule has 2 heterocycles.